The van der Waals surface area contributed by atoms with Crippen molar-refractivity contribution >= 4 is 11.8 Å². The van der Waals surface area contributed by atoms with Crippen molar-refractivity contribution in [2.75, 3.05) is 24.6 Å². The first-order chi connectivity index (χ1) is 11.7. The number of nitrogens with zero attached hydrogens (tertiary/aromatic N) is 1. The summed E-state index contributed by atoms with van der Waals surface area (Å²) >= 11 is 0. The third-order valence-electron chi connectivity index (χ3n) is 3.71. The number of carbonyl (C=O) groups is 1. The second-order valence-corrected chi connectivity index (χ2v) is 5.69. The molecule has 0 spiro atoms. The molecule has 0 fully saturated rings. The zero-order valence-corrected chi connectivity index (χ0v) is 14.4. The van der Waals surface area contributed by atoms with E-state index in [2.05, 4.69) is 24.0 Å². The predicted octanol–water partition coefficient (Wildman–Crippen LogP) is 4.82. The number of aryl methyl sites for hydroxylation is 1. The minimum Gasteiger partial charge on any atom is -0.432 e. The molecule has 0 saturated carbocycles. The van der Waals surface area contributed by atoms with Crippen LogP contribution in [0.1, 0.15) is 25.3 Å². The Morgan fingerprint density at radius 2 is 1.71 bits per heavy atom. The number of benzene rings is 2. The maximum atomic E-state index is 11.8. The maximum absolute atomic E-state index is 11.8. The topological polar surface area (TPSA) is 38.8 Å². The van der Waals surface area contributed by atoms with Crippen molar-refractivity contribution in [3.05, 3.63) is 60.2 Å². The van der Waals surface area contributed by atoms with Crippen molar-refractivity contribution in [1.29, 1.82) is 0 Å². The number of ether oxygens (including phenoxy) is 2. The van der Waals surface area contributed by atoms with Gasteiger partial charge in [0.05, 0.1) is 6.54 Å². The van der Waals surface area contributed by atoms with Crippen LogP contribution in [-0.4, -0.2) is 25.9 Å². The molecule has 0 N–H and O–H groups in total. The highest BCUT2D eigenvalue weighted by Crippen LogP contribution is 2.14. The van der Waals surface area contributed by atoms with Crippen LogP contribution >= 0.6 is 0 Å². The quantitative estimate of drug-likeness (QED) is 0.515. The van der Waals surface area contributed by atoms with E-state index in [9.17, 15) is 4.79 Å². The maximum Gasteiger partial charge on any atom is 0.513 e. The first-order valence-electron chi connectivity index (χ1n) is 8.40. The van der Waals surface area contributed by atoms with E-state index in [-0.39, 0.29) is 0 Å². The molecule has 128 valence electrons. The van der Waals surface area contributed by atoms with Gasteiger partial charge in [0.25, 0.3) is 0 Å². The Kier molecular flexibility index (Phi) is 7.15. The largest absolute Gasteiger partial charge is 0.513 e. The molecule has 2 aromatic rings. The van der Waals surface area contributed by atoms with E-state index >= 15 is 0 Å². The van der Waals surface area contributed by atoms with Gasteiger partial charge in [-0.25, -0.2) is 4.79 Å². The molecule has 0 aliphatic heterocycles. The number of carbonyl (C=O) groups excluding carboxylic acids is 1. The van der Waals surface area contributed by atoms with E-state index in [1.54, 1.807) is 12.1 Å². The van der Waals surface area contributed by atoms with Crippen molar-refractivity contribution in [2.24, 2.45) is 0 Å². The SMILES string of the molecule is CCCCN(CCOC(=O)Oc1ccc(C)cc1)c1ccccc1. The van der Waals surface area contributed by atoms with Gasteiger partial charge in [0.2, 0.25) is 0 Å². The number of hydrogen-bond donors (Lipinski definition) is 0. The lowest BCUT2D eigenvalue weighted by molar-refractivity contribution is 0.101. The molecule has 2 rings (SSSR count). The fourth-order valence-electron chi connectivity index (χ4n) is 2.33. The van der Waals surface area contributed by atoms with E-state index in [0.717, 1.165) is 30.6 Å². The lowest BCUT2D eigenvalue weighted by Crippen LogP contribution is -2.29. The summed E-state index contributed by atoms with van der Waals surface area (Å²) in [4.78, 5) is 14.0. The molecule has 0 saturated heterocycles. The van der Waals surface area contributed by atoms with Crippen molar-refractivity contribution in [2.45, 2.75) is 26.7 Å². The summed E-state index contributed by atoms with van der Waals surface area (Å²) in [5.74, 6) is 0.497. The van der Waals surface area contributed by atoms with Crippen LogP contribution in [0, 0.1) is 6.92 Å². The summed E-state index contributed by atoms with van der Waals surface area (Å²) in [6.07, 6.45) is 1.56. The summed E-state index contributed by atoms with van der Waals surface area (Å²) in [5.41, 5.74) is 2.26. The highest BCUT2D eigenvalue weighted by molar-refractivity contribution is 5.63. The number of para-hydroxylation sites is 1. The first-order valence-corrected chi connectivity index (χ1v) is 8.40. The van der Waals surface area contributed by atoms with Gasteiger partial charge in [-0.1, -0.05) is 49.2 Å². The number of rotatable bonds is 8. The molecule has 2 aromatic carbocycles. The Bertz CT molecular complexity index is 611. The number of hydrogen-bond acceptors (Lipinski definition) is 4. The highest BCUT2D eigenvalue weighted by atomic mass is 16.7. The van der Waals surface area contributed by atoms with Gasteiger partial charge < -0.3 is 14.4 Å². The van der Waals surface area contributed by atoms with Gasteiger partial charge in [0, 0.05) is 12.2 Å². The Balaban J connectivity index is 1.81. The van der Waals surface area contributed by atoms with Crippen molar-refractivity contribution < 1.29 is 14.3 Å². The van der Waals surface area contributed by atoms with Gasteiger partial charge in [0.15, 0.2) is 0 Å². The molecule has 0 bridgehead atoms. The Morgan fingerprint density at radius 1 is 1.00 bits per heavy atom. The van der Waals surface area contributed by atoms with Crippen LogP contribution in [0.3, 0.4) is 0 Å². The summed E-state index contributed by atoms with van der Waals surface area (Å²) in [6, 6.07) is 17.5. The van der Waals surface area contributed by atoms with Crippen molar-refractivity contribution in [1.82, 2.24) is 0 Å². The van der Waals surface area contributed by atoms with E-state index in [1.165, 1.54) is 0 Å². The molecule has 0 aromatic heterocycles. The van der Waals surface area contributed by atoms with E-state index in [4.69, 9.17) is 9.47 Å². The van der Waals surface area contributed by atoms with Crippen LogP contribution in [0.15, 0.2) is 54.6 Å². The fourth-order valence-corrected chi connectivity index (χ4v) is 2.33. The Morgan fingerprint density at radius 3 is 2.38 bits per heavy atom. The van der Waals surface area contributed by atoms with Crippen molar-refractivity contribution in [3.8, 4) is 5.75 Å². The van der Waals surface area contributed by atoms with Gasteiger partial charge in [-0.3, -0.25) is 0 Å². The third kappa shape index (κ3) is 5.95. The fraction of sp³-hybridized carbons (Fsp3) is 0.350. The first kappa shape index (κ1) is 17.9. The summed E-state index contributed by atoms with van der Waals surface area (Å²) in [5, 5.41) is 0. The predicted molar refractivity (Wildman–Crippen MR) is 96.7 cm³/mol. The Hall–Kier alpha value is -2.49. The molecule has 24 heavy (non-hydrogen) atoms. The third-order valence-corrected chi connectivity index (χ3v) is 3.71. The smallest absolute Gasteiger partial charge is 0.432 e. The van der Waals surface area contributed by atoms with Crippen LogP contribution in [0.4, 0.5) is 10.5 Å². The minimum atomic E-state index is -0.664. The van der Waals surface area contributed by atoms with Crippen LogP contribution < -0.4 is 9.64 Å². The molecular weight excluding hydrogens is 302 g/mol. The minimum absolute atomic E-state index is 0.295. The van der Waals surface area contributed by atoms with Gasteiger partial charge in [-0.15, -0.1) is 0 Å². The Labute approximate surface area is 144 Å². The summed E-state index contributed by atoms with van der Waals surface area (Å²) < 4.78 is 10.4. The molecule has 0 atom stereocenters. The number of unbranched alkanes of at least 4 members (excludes halogenated alkanes) is 1. The molecule has 0 aliphatic carbocycles. The van der Waals surface area contributed by atoms with Crippen molar-refractivity contribution in [3.63, 3.8) is 0 Å². The zero-order valence-electron chi connectivity index (χ0n) is 14.4. The highest BCUT2D eigenvalue weighted by Gasteiger charge is 2.09. The van der Waals surface area contributed by atoms with Crippen LogP contribution in [0.2, 0.25) is 0 Å². The normalized spacial score (nSPS) is 10.2. The second kappa shape index (κ2) is 9.60. The molecular formula is C20H25NO3. The second-order valence-electron chi connectivity index (χ2n) is 5.69. The van der Waals surface area contributed by atoms with E-state index in [1.807, 2.05) is 37.3 Å². The molecule has 0 radical (unpaired) electrons. The zero-order chi connectivity index (χ0) is 17.2. The average Bonchev–Trinajstić information content (AvgIpc) is 2.60. The molecule has 0 aliphatic rings. The molecule has 4 heteroatoms. The lowest BCUT2D eigenvalue weighted by Gasteiger charge is -2.24. The summed E-state index contributed by atoms with van der Waals surface area (Å²) in [6.45, 7) is 6.03. The van der Waals surface area contributed by atoms with Crippen LogP contribution in [-0.2, 0) is 4.74 Å². The van der Waals surface area contributed by atoms with Gasteiger partial charge in [-0.2, -0.15) is 0 Å². The van der Waals surface area contributed by atoms with Gasteiger partial charge in [-0.05, 0) is 37.6 Å². The summed E-state index contributed by atoms with van der Waals surface area (Å²) in [7, 11) is 0. The van der Waals surface area contributed by atoms with Crippen LogP contribution in [0.25, 0.3) is 0 Å². The molecule has 0 unspecified atom stereocenters. The van der Waals surface area contributed by atoms with E-state index in [0.29, 0.717) is 18.9 Å². The van der Waals surface area contributed by atoms with Gasteiger partial charge >= 0.3 is 6.16 Å². The monoisotopic (exact) mass is 327 g/mol. The van der Waals surface area contributed by atoms with Crippen LogP contribution in [0.5, 0.6) is 5.75 Å². The lowest BCUT2D eigenvalue weighted by atomic mass is 10.2. The van der Waals surface area contributed by atoms with E-state index < -0.39 is 6.16 Å². The molecule has 0 amide bonds. The average molecular weight is 327 g/mol. The molecule has 0 heterocycles. The standard InChI is InChI=1S/C20H25NO3/c1-3-4-14-21(18-8-6-5-7-9-18)15-16-23-20(22)24-19-12-10-17(2)11-13-19/h5-13H,3-4,14-16H2,1-2H3. The van der Waals surface area contributed by atoms with Gasteiger partial charge in [0.1, 0.15) is 12.4 Å². The molecule has 4 nitrogen and oxygen atoms in total. The number of anilines is 1.